The molecule has 0 bridgehead atoms. The summed E-state index contributed by atoms with van der Waals surface area (Å²) < 4.78 is 8.43. The molecule has 44 heavy (non-hydrogen) atoms. The summed E-state index contributed by atoms with van der Waals surface area (Å²) in [6.45, 7) is 0. The number of hydrogen-bond acceptors (Lipinski definition) is 4. The lowest BCUT2D eigenvalue weighted by molar-refractivity contribution is 0.668. The number of hydrogen-bond donors (Lipinski definition) is 1. The normalized spacial score (nSPS) is 15.0. The zero-order valence-electron chi connectivity index (χ0n) is 23.7. The van der Waals surface area contributed by atoms with E-state index in [1.54, 1.807) is 0 Å². The molecule has 208 valence electrons. The fourth-order valence-corrected chi connectivity index (χ4v) is 6.35. The van der Waals surface area contributed by atoms with E-state index >= 15 is 0 Å². The number of aliphatic imine (C=N–C) groups is 2. The number of nitrogens with zero attached hydrogens (tertiary/aromatic N) is 3. The lowest BCUT2D eigenvalue weighted by Crippen LogP contribution is -2.35. The van der Waals surface area contributed by atoms with Crippen LogP contribution in [0.4, 0.5) is 0 Å². The van der Waals surface area contributed by atoms with Crippen molar-refractivity contribution in [2.24, 2.45) is 9.98 Å². The number of para-hydroxylation sites is 2. The average molecular weight is 567 g/mol. The summed E-state index contributed by atoms with van der Waals surface area (Å²) in [6, 6.07) is 50.4. The number of amidine groups is 1. The molecule has 0 saturated carbocycles. The molecule has 0 radical (unpaired) electrons. The molecule has 1 aliphatic heterocycles. The second-order valence-electron chi connectivity index (χ2n) is 11.1. The van der Waals surface area contributed by atoms with Crippen molar-refractivity contribution in [2.45, 2.75) is 6.17 Å². The number of nitrogens with one attached hydrogen (secondary N) is 1. The first-order valence-corrected chi connectivity index (χ1v) is 14.8. The third-order valence-electron chi connectivity index (χ3n) is 8.48. The van der Waals surface area contributed by atoms with Gasteiger partial charge in [0.05, 0.1) is 11.0 Å². The Morgan fingerprint density at radius 2 is 1.16 bits per heavy atom. The van der Waals surface area contributed by atoms with Crippen molar-refractivity contribution in [3.05, 3.63) is 157 Å². The van der Waals surface area contributed by atoms with E-state index in [2.05, 4.69) is 107 Å². The predicted molar refractivity (Wildman–Crippen MR) is 180 cm³/mol. The Morgan fingerprint density at radius 3 is 2.00 bits per heavy atom. The van der Waals surface area contributed by atoms with Gasteiger partial charge in [-0.15, -0.1) is 0 Å². The third kappa shape index (κ3) is 3.94. The highest BCUT2D eigenvalue weighted by molar-refractivity contribution is 6.17. The van der Waals surface area contributed by atoms with Gasteiger partial charge in [-0.2, -0.15) is 4.99 Å². The molecule has 1 N–H and O–H groups in total. The van der Waals surface area contributed by atoms with E-state index in [1.807, 2.05) is 48.5 Å². The maximum atomic E-state index is 6.23. The minimum Gasteiger partial charge on any atom is -0.456 e. The van der Waals surface area contributed by atoms with Crippen molar-refractivity contribution >= 4 is 55.5 Å². The van der Waals surface area contributed by atoms with E-state index in [0.717, 1.165) is 71.8 Å². The SMILES string of the molecule is c1ccc(C2=NC(n3c4ccccc4c4ccc(-c5ccc6c(c5)oc5ccccc56)cc43)=NC(c3ccccc3)N2)cc1. The fourth-order valence-electron chi connectivity index (χ4n) is 6.35. The van der Waals surface area contributed by atoms with Crippen LogP contribution < -0.4 is 5.32 Å². The van der Waals surface area contributed by atoms with Gasteiger partial charge in [-0.3, -0.25) is 4.57 Å². The average Bonchev–Trinajstić information content (AvgIpc) is 3.64. The van der Waals surface area contributed by atoms with Gasteiger partial charge in [0.25, 0.3) is 0 Å². The van der Waals surface area contributed by atoms with Gasteiger partial charge in [0.15, 0.2) is 0 Å². The maximum absolute atomic E-state index is 6.23. The highest BCUT2D eigenvalue weighted by Crippen LogP contribution is 2.36. The van der Waals surface area contributed by atoms with Crippen LogP contribution in [0, 0.1) is 0 Å². The van der Waals surface area contributed by atoms with Gasteiger partial charge < -0.3 is 9.73 Å². The Bertz CT molecular complexity index is 2420. The molecule has 0 amide bonds. The van der Waals surface area contributed by atoms with E-state index in [0.29, 0.717) is 5.96 Å². The quantitative estimate of drug-likeness (QED) is 0.232. The first-order chi connectivity index (χ1) is 21.8. The van der Waals surface area contributed by atoms with Crippen molar-refractivity contribution in [3.8, 4) is 11.1 Å². The van der Waals surface area contributed by atoms with Crippen LogP contribution >= 0.6 is 0 Å². The van der Waals surface area contributed by atoms with E-state index in [1.165, 1.54) is 0 Å². The van der Waals surface area contributed by atoms with Gasteiger partial charge in [-0.1, -0.05) is 115 Å². The van der Waals surface area contributed by atoms with Crippen molar-refractivity contribution in [3.63, 3.8) is 0 Å². The van der Waals surface area contributed by atoms with Gasteiger partial charge in [-0.25, -0.2) is 4.99 Å². The van der Waals surface area contributed by atoms with Gasteiger partial charge >= 0.3 is 0 Å². The first-order valence-electron chi connectivity index (χ1n) is 14.8. The Morgan fingerprint density at radius 1 is 0.523 bits per heavy atom. The lowest BCUT2D eigenvalue weighted by atomic mass is 10.0. The van der Waals surface area contributed by atoms with E-state index in [9.17, 15) is 0 Å². The molecule has 0 fully saturated rings. The molecule has 8 aromatic rings. The van der Waals surface area contributed by atoms with Crippen molar-refractivity contribution in [1.29, 1.82) is 0 Å². The molecule has 6 aromatic carbocycles. The molecule has 5 heteroatoms. The molecule has 0 spiro atoms. The molecular formula is C39H26N4O. The predicted octanol–water partition coefficient (Wildman–Crippen LogP) is 9.31. The van der Waals surface area contributed by atoms with Crippen LogP contribution in [-0.4, -0.2) is 16.4 Å². The molecule has 5 nitrogen and oxygen atoms in total. The van der Waals surface area contributed by atoms with Gasteiger partial charge in [-0.05, 0) is 47.0 Å². The molecule has 3 heterocycles. The van der Waals surface area contributed by atoms with Crippen LogP contribution in [0.25, 0.3) is 54.9 Å². The lowest BCUT2D eigenvalue weighted by Gasteiger charge is -2.24. The number of furan rings is 1. The van der Waals surface area contributed by atoms with Crippen LogP contribution in [0.5, 0.6) is 0 Å². The van der Waals surface area contributed by atoms with Crippen LogP contribution in [0.2, 0.25) is 0 Å². The van der Waals surface area contributed by atoms with Crippen molar-refractivity contribution < 1.29 is 4.42 Å². The number of fused-ring (bicyclic) bond motifs is 6. The van der Waals surface area contributed by atoms with Crippen molar-refractivity contribution in [2.75, 3.05) is 0 Å². The minimum atomic E-state index is -0.284. The van der Waals surface area contributed by atoms with Gasteiger partial charge in [0, 0.05) is 27.1 Å². The summed E-state index contributed by atoms with van der Waals surface area (Å²) in [5, 5.41) is 8.15. The van der Waals surface area contributed by atoms with Gasteiger partial charge in [0.2, 0.25) is 5.96 Å². The standard InChI is InChI=1S/C39H26N4O/c1-3-11-25(12-4-1)37-40-38(26-13-5-2-6-14-26)42-39(41-37)43-33-17-9-7-15-29(33)30-21-19-27(23-34(30)43)28-20-22-32-31-16-8-10-18-35(31)44-36(32)24-28/h1-24,37H,(H,40,41,42). The molecule has 0 aliphatic carbocycles. The fraction of sp³-hybridized carbons (Fsp3) is 0.0256. The Kier molecular flexibility index (Phi) is 5.50. The highest BCUT2D eigenvalue weighted by Gasteiger charge is 2.24. The maximum Gasteiger partial charge on any atom is 0.234 e. The number of rotatable bonds is 3. The summed E-state index contributed by atoms with van der Waals surface area (Å²) in [6.07, 6.45) is -0.284. The molecule has 0 saturated heterocycles. The van der Waals surface area contributed by atoms with Crippen LogP contribution in [0.1, 0.15) is 17.3 Å². The Balaban J connectivity index is 1.26. The third-order valence-corrected chi connectivity index (χ3v) is 8.48. The Hall–Kier alpha value is -5.94. The van der Waals surface area contributed by atoms with Crippen molar-refractivity contribution in [1.82, 2.24) is 9.88 Å². The minimum absolute atomic E-state index is 0.284. The molecule has 1 aliphatic rings. The summed E-state index contributed by atoms with van der Waals surface area (Å²) >= 11 is 0. The number of aromatic nitrogens is 1. The van der Waals surface area contributed by atoms with Crippen LogP contribution in [-0.2, 0) is 0 Å². The zero-order valence-corrected chi connectivity index (χ0v) is 23.7. The molecule has 2 aromatic heterocycles. The summed E-state index contributed by atoms with van der Waals surface area (Å²) in [5.41, 5.74) is 8.20. The summed E-state index contributed by atoms with van der Waals surface area (Å²) in [4.78, 5) is 10.3. The van der Waals surface area contributed by atoms with Crippen LogP contribution in [0.3, 0.4) is 0 Å². The Labute approximate surface area is 253 Å². The molecule has 1 atom stereocenters. The zero-order chi connectivity index (χ0) is 29.0. The summed E-state index contributed by atoms with van der Waals surface area (Å²) in [7, 11) is 0. The largest absolute Gasteiger partial charge is 0.456 e. The van der Waals surface area contributed by atoms with Crippen LogP contribution in [0.15, 0.2) is 160 Å². The second-order valence-corrected chi connectivity index (χ2v) is 11.1. The monoisotopic (exact) mass is 566 g/mol. The van der Waals surface area contributed by atoms with E-state index < -0.39 is 0 Å². The molecule has 1 unspecified atom stereocenters. The highest BCUT2D eigenvalue weighted by atomic mass is 16.3. The molecule has 9 rings (SSSR count). The van der Waals surface area contributed by atoms with Gasteiger partial charge in [0.1, 0.15) is 23.2 Å². The first kappa shape index (κ1) is 24.6. The smallest absolute Gasteiger partial charge is 0.234 e. The van der Waals surface area contributed by atoms with E-state index in [4.69, 9.17) is 14.4 Å². The molecular weight excluding hydrogens is 540 g/mol. The topological polar surface area (TPSA) is 54.8 Å². The summed E-state index contributed by atoms with van der Waals surface area (Å²) in [5.74, 6) is 1.44. The second kappa shape index (κ2) is 9.82. The number of benzene rings is 6. The van der Waals surface area contributed by atoms with E-state index in [-0.39, 0.29) is 6.17 Å².